The van der Waals surface area contributed by atoms with Gasteiger partial charge in [0.05, 0.1) is 10.6 Å². The zero-order valence-electron chi connectivity index (χ0n) is 5.91. The SMILES string of the molecule is O=Cc1nc2c(s1)C=CCC2. The van der Waals surface area contributed by atoms with Crippen molar-refractivity contribution in [3.63, 3.8) is 0 Å². The first-order valence-electron chi connectivity index (χ1n) is 3.51. The molecule has 2 rings (SSSR count). The third kappa shape index (κ3) is 1.12. The highest BCUT2D eigenvalue weighted by atomic mass is 32.1. The number of carbonyl (C=O) groups is 1. The summed E-state index contributed by atoms with van der Waals surface area (Å²) in [7, 11) is 0. The van der Waals surface area contributed by atoms with E-state index in [4.69, 9.17) is 0 Å². The molecule has 0 spiro atoms. The summed E-state index contributed by atoms with van der Waals surface area (Å²) in [6.07, 6.45) is 7.01. The first-order valence-corrected chi connectivity index (χ1v) is 4.33. The van der Waals surface area contributed by atoms with Crippen LogP contribution in [0.5, 0.6) is 0 Å². The molecule has 0 radical (unpaired) electrons. The van der Waals surface area contributed by atoms with E-state index in [2.05, 4.69) is 11.1 Å². The molecule has 0 N–H and O–H groups in total. The minimum absolute atomic E-state index is 0.599. The second kappa shape index (κ2) is 2.58. The van der Waals surface area contributed by atoms with E-state index in [1.165, 1.54) is 11.3 Å². The van der Waals surface area contributed by atoms with E-state index >= 15 is 0 Å². The van der Waals surface area contributed by atoms with E-state index < -0.39 is 0 Å². The molecule has 0 aromatic carbocycles. The van der Waals surface area contributed by atoms with E-state index in [0.717, 1.165) is 29.7 Å². The highest BCUT2D eigenvalue weighted by Gasteiger charge is 2.09. The lowest BCUT2D eigenvalue weighted by Gasteiger charge is -1.99. The molecule has 0 unspecified atom stereocenters. The van der Waals surface area contributed by atoms with Crippen molar-refractivity contribution in [1.29, 1.82) is 0 Å². The summed E-state index contributed by atoms with van der Waals surface area (Å²) in [5.41, 5.74) is 1.08. The van der Waals surface area contributed by atoms with Gasteiger partial charge >= 0.3 is 0 Å². The quantitative estimate of drug-likeness (QED) is 0.595. The first kappa shape index (κ1) is 6.73. The predicted molar refractivity (Wildman–Crippen MR) is 44.9 cm³/mol. The highest BCUT2D eigenvalue weighted by Crippen LogP contribution is 2.23. The van der Waals surface area contributed by atoms with Crippen LogP contribution >= 0.6 is 11.3 Å². The lowest BCUT2D eigenvalue weighted by Crippen LogP contribution is -1.90. The number of nitrogens with zero attached hydrogens (tertiary/aromatic N) is 1. The topological polar surface area (TPSA) is 30.0 Å². The van der Waals surface area contributed by atoms with Gasteiger partial charge in [0, 0.05) is 0 Å². The lowest BCUT2D eigenvalue weighted by molar-refractivity contribution is 0.112. The number of aromatic nitrogens is 1. The Morgan fingerprint density at radius 3 is 3.27 bits per heavy atom. The number of rotatable bonds is 1. The van der Waals surface area contributed by atoms with Crippen LogP contribution in [0.25, 0.3) is 6.08 Å². The smallest absolute Gasteiger partial charge is 0.178 e. The van der Waals surface area contributed by atoms with E-state index in [1.54, 1.807) is 0 Å². The fourth-order valence-electron chi connectivity index (χ4n) is 1.15. The maximum atomic E-state index is 10.3. The lowest BCUT2D eigenvalue weighted by atomic mass is 10.1. The zero-order chi connectivity index (χ0) is 7.68. The van der Waals surface area contributed by atoms with E-state index in [0.29, 0.717) is 5.01 Å². The van der Waals surface area contributed by atoms with Gasteiger partial charge in [-0.1, -0.05) is 6.08 Å². The van der Waals surface area contributed by atoms with Gasteiger partial charge in [0.15, 0.2) is 11.3 Å². The second-order valence-electron chi connectivity index (χ2n) is 2.42. The van der Waals surface area contributed by atoms with Crippen molar-refractivity contribution < 1.29 is 4.79 Å². The van der Waals surface area contributed by atoms with Gasteiger partial charge in [0.25, 0.3) is 0 Å². The Balaban J connectivity index is 2.49. The molecule has 11 heavy (non-hydrogen) atoms. The Morgan fingerprint density at radius 2 is 2.55 bits per heavy atom. The Morgan fingerprint density at radius 1 is 1.64 bits per heavy atom. The van der Waals surface area contributed by atoms with Crippen LogP contribution < -0.4 is 0 Å². The number of hydrogen-bond acceptors (Lipinski definition) is 3. The van der Waals surface area contributed by atoms with Crippen molar-refractivity contribution in [2.45, 2.75) is 12.8 Å². The van der Waals surface area contributed by atoms with Crippen LogP contribution in [-0.2, 0) is 6.42 Å². The number of carbonyl (C=O) groups excluding carboxylic acids is 1. The van der Waals surface area contributed by atoms with E-state index in [-0.39, 0.29) is 0 Å². The summed E-state index contributed by atoms with van der Waals surface area (Å²) in [5.74, 6) is 0. The van der Waals surface area contributed by atoms with Crippen molar-refractivity contribution in [1.82, 2.24) is 4.98 Å². The Labute approximate surface area is 68.6 Å². The summed E-state index contributed by atoms with van der Waals surface area (Å²) in [5, 5.41) is 0.599. The monoisotopic (exact) mass is 165 g/mol. The molecule has 1 aromatic rings. The zero-order valence-corrected chi connectivity index (χ0v) is 6.73. The maximum absolute atomic E-state index is 10.3. The molecule has 1 aliphatic rings. The molecule has 0 amide bonds. The minimum atomic E-state index is 0.599. The number of fused-ring (bicyclic) bond motifs is 1. The van der Waals surface area contributed by atoms with Crippen molar-refractivity contribution in [2.75, 3.05) is 0 Å². The normalized spacial score (nSPS) is 14.5. The molecule has 0 bridgehead atoms. The van der Waals surface area contributed by atoms with Crippen molar-refractivity contribution in [2.24, 2.45) is 0 Å². The number of aldehydes is 1. The van der Waals surface area contributed by atoms with Crippen LogP contribution in [0.2, 0.25) is 0 Å². The summed E-state index contributed by atoms with van der Waals surface area (Å²) >= 11 is 1.47. The number of hydrogen-bond donors (Lipinski definition) is 0. The third-order valence-corrected chi connectivity index (χ3v) is 2.65. The Bertz CT molecular complexity index is 314. The molecule has 0 saturated heterocycles. The first-order chi connectivity index (χ1) is 5.40. The van der Waals surface area contributed by atoms with Gasteiger partial charge in [-0.2, -0.15) is 0 Å². The minimum Gasteiger partial charge on any atom is -0.295 e. The molecule has 56 valence electrons. The van der Waals surface area contributed by atoms with Crippen molar-refractivity contribution in [3.05, 3.63) is 21.7 Å². The molecule has 2 nitrogen and oxygen atoms in total. The molecule has 0 saturated carbocycles. The summed E-state index contributed by atoms with van der Waals surface area (Å²) < 4.78 is 0. The van der Waals surface area contributed by atoms with Crippen LogP contribution in [0.3, 0.4) is 0 Å². The largest absolute Gasteiger partial charge is 0.295 e. The van der Waals surface area contributed by atoms with Crippen LogP contribution in [0.15, 0.2) is 6.08 Å². The fraction of sp³-hybridized carbons (Fsp3) is 0.250. The molecule has 1 aliphatic carbocycles. The van der Waals surface area contributed by atoms with Gasteiger partial charge in [-0.05, 0) is 18.9 Å². The van der Waals surface area contributed by atoms with Crippen molar-refractivity contribution in [3.8, 4) is 0 Å². The van der Waals surface area contributed by atoms with Gasteiger partial charge in [-0.25, -0.2) is 4.98 Å². The van der Waals surface area contributed by atoms with Gasteiger partial charge in [0.2, 0.25) is 0 Å². The number of thiazole rings is 1. The summed E-state index contributed by atoms with van der Waals surface area (Å²) in [6.45, 7) is 0. The average Bonchev–Trinajstić information content (AvgIpc) is 2.46. The molecule has 0 fully saturated rings. The molecular weight excluding hydrogens is 158 g/mol. The van der Waals surface area contributed by atoms with E-state index in [1.807, 2.05) is 6.08 Å². The molecule has 3 heteroatoms. The van der Waals surface area contributed by atoms with E-state index in [9.17, 15) is 4.79 Å². The van der Waals surface area contributed by atoms with Gasteiger partial charge < -0.3 is 0 Å². The third-order valence-electron chi connectivity index (χ3n) is 1.66. The maximum Gasteiger partial charge on any atom is 0.178 e. The van der Waals surface area contributed by atoms with Gasteiger partial charge in [0.1, 0.15) is 0 Å². The Kier molecular flexibility index (Phi) is 1.58. The standard InChI is InChI=1S/C8H7NOS/c10-5-8-9-6-3-1-2-4-7(6)11-8/h2,4-5H,1,3H2. The molecule has 1 heterocycles. The van der Waals surface area contributed by atoms with Crippen molar-refractivity contribution >= 4 is 23.7 Å². The fourth-order valence-corrected chi connectivity index (χ4v) is 2.01. The second-order valence-corrected chi connectivity index (χ2v) is 3.48. The Hall–Kier alpha value is -0.960. The summed E-state index contributed by atoms with van der Waals surface area (Å²) in [6, 6.07) is 0. The molecule has 0 atom stereocenters. The van der Waals surface area contributed by atoms with Crippen LogP contribution in [-0.4, -0.2) is 11.3 Å². The molecular formula is C8H7NOS. The predicted octanol–water partition coefficient (Wildman–Crippen LogP) is 1.91. The molecule has 1 aromatic heterocycles. The highest BCUT2D eigenvalue weighted by molar-refractivity contribution is 7.14. The summed E-state index contributed by atoms with van der Waals surface area (Å²) in [4.78, 5) is 15.7. The van der Waals surface area contributed by atoms with Crippen LogP contribution in [0.1, 0.15) is 26.8 Å². The average molecular weight is 165 g/mol. The number of allylic oxidation sites excluding steroid dienone is 1. The molecule has 0 aliphatic heterocycles. The van der Waals surface area contributed by atoms with Crippen LogP contribution in [0.4, 0.5) is 0 Å². The van der Waals surface area contributed by atoms with Gasteiger partial charge in [-0.3, -0.25) is 4.79 Å². The number of aryl methyl sites for hydroxylation is 1. The van der Waals surface area contributed by atoms with Gasteiger partial charge in [-0.15, -0.1) is 11.3 Å². The van der Waals surface area contributed by atoms with Crippen LogP contribution in [0, 0.1) is 0 Å².